The van der Waals surface area contributed by atoms with Crippen molar-refractivity contribution in [2.24, 2.45) is 5.41 Å². The number of anilines is 1. The molecule has 7 heteroatoms. The van der Waals surface area contributed by atoms with E-state index in [9.17, 15) is 9.59 Å². The van der Waals surface area contributed by atoms with E-state index in [1.54, 1.807) is 23.1 Å². The molecule has 1 unspecified atom stereocenters. The number of halogens is 1. The molecule has 3 amide bonds. The molecule has 1 aliphatic rings. The molecule has 29 heavy (non-hydrogen) atoms. The average molecular weight is 416 g/mol. The van der Waals surface area contributed by atoms with Gasteiger partial charge in [-0.25, -0.2) is 4.79 Å². The topological polar surface area (TPSA) is 70.7 Å². The molecule has 0 spiro atoms. The summed E-state index contributed by atoms with van der Waals surface area (Å²) in [5.41, 5.74) is 0.914. The number of carbonyl (C=O) groups excluding carboxylic acids is 2. The molecule has 1 aliphatic heterocycles. The lowest BCUT2D eigenvalue weighted by atomic mass is 9.81. The molecule has 1 atom stereocenters. The van der Waals surface area contributed by atoms with E-state index in [4.69, 9.17) is 16.3 Å². The number of piperidine rings is 1. The van der Waals surface area contributed by atoms with Gasteiger partial charge in [0, 0.05) is 24.7 Å². The van der Waals surface area contributed by atoms with Gasteiger partial charge in [-0.3, -0.25) is 4.79 Å². The summed E-state index contributed by atoms with van der Waals surface area (Å²) in [6.45, 7) is 3.33. The molecule has 1 fully saturated rings. The Hall–Kier alpha value is -2.73. The van der Waals surface area contributed by atoms with Crippen LogP contribution in [0.4, 0.5) is 10.5 Å². The molecule has 0 aromatic heterocycles. The molecule has 0 saturated carbocycles. The molecule has 2 aromatic carbocycles. The number of carbonyl (C=O) groups is 2. The highest BCUT2D eigenvalue weighted by atomic mass is 35.5. The highest BCUT2D eigenvalue weighted by Gasteiger charge is 2.39. The van der Waals surface area contributed by atoms with Gasteiger partial charge in [0.15, 0.2) is 0 Å². The number of urea groups is 1. The highest BCUT2D eigenvalue weighted by Crippen LogP contribution is 2.32. The average Bonchev–Trinajstić information content (AvgIpc) is 2.73. The molecule has 0 bridgehead atoms. The Morgan fingerprint density at radius 2 is 1.97 bits per heavy atom. The third-order valence-electron chi connectivity index (χ3n) is 5.23. The van der Waals surface area contributed by atoms with Crippen molar-refractivity contribution >= 4 is 29.2 Å². The van der Waals surface area contributed by atoms with Crippen molar-refractivity contribution in [3.05, 3.63) is 59.1 Å². The van der Waals surface area contributed by atoms with E-state index in [1.165, 1.54) is 7.11 Å². The number of nitrogens with one attached hydrogen (secondary N) is 2. The quantitative estimate of drug-likeness (QED) is 0.764. The van der Waals surface area contributed by atoms with Crippen LogP contribution >= 0.6 is 11.6 Å². The summed E-state index contributed by atoms with van der Waals surface area (Å²) in [5, 5.41) is 6.37. The van der Waals surface area contributed by atoms with Crippen LogP contribution in [0, 0.1) is 5.41 Å². The largest absolute Gasteiger partial charge is 0.495 e. The van der Waals surface area contributed by atoms with Gasteiger partial charge in [0.05, 0.1) is 18.2 Å². The molecule has 6 nitrogen and oxygen atoms in total. The minimum absolute atomic E-state index is 0.0424. The summed E-state index contributed by atoms with van der Waals surface area (Å²) < 4.78 is 5.29. The lowest BCUT2D eigenvalue weighted by molar-refractivity contribution is -0.132. The first-order chi connectivity index (χ1) is 13.9. The van der Waals surface area contributed by atoms with Gasteiger partial charge < -0.3 is 20.3 Å². The molecule has 1 heterocycles. The molecule has 0 aliphatic carbocycles. The molecule has 3 rings (SSSR count). The summed E-state index contributed by atoms with van der Waals surface area (Å²) in [4.78, 5) is 27.4. The van der Waals surface area contributed by atoms with Crippen molar-refractivity contribution in [1.29, 1.82) is 0 Å². The van der Waals surface area contributed by atoms with Crippen LogP contribution in [0.5, 0.6) is 5.75 Å². The first-order valence-electron chi connectivity index (χ1n) is 9.63. The van der Waals surface area contributed by atoms with Crippen LogP contribution in [0.1, 0.15) is 25.3 Å². The predicted octanol–water partition coefficient (Wildman–Crippen LogP) is 4.30. The molecule has 0 radical (unpaired) electrons. The van der Waals surface area contributed by atoms with E-state index in [1.807, 2.05) is 37.3 Å². The first kappa shape index (κ1) is 21.0. The van der Waals surface area contributed by atoms with Gasteiger partial charge in [-0.1, -0.05) is 41.9 Å². The number of rotatable bonds is 5. The number of likely N-dealkylation sites (tertiary alicyclic amines) is 1. The van der Waals surface area contributed by atoms with Gasteiger partial charge >= 0.3 is 6.03 Å². The second kappa shape index (κ2) is 9.18. The maximum Gasteiger partial charge on any atom is 0.321 e. The Morgan fingerprint density at radius 3 is 2.69 bits per heavy atom. The number of hydrogen-bond donors (Lipinski definition) is 2. The summed E-state index contributed by atoms with van der Waals surface area (Å²) in [5.74, 6) is 0.488. The fraction of sp³-hybridized carbons (Fsp3) is 0.364. The van der Waals surface area contributed by atoms with Crippen molar-refractivity contribution in [2.45, 2.75) is 26.3 Å². The maximum absolute atomic E-state index is 12.9. The predicted molar refractivity (Wildman–Crippen MR) is 114 cm³/mol. The highest BCUT2D eigenvalue weighted by molar-refractivity contribution is 6.31. The Morgan fingerprint density at radius 1 is 1.21 bits per heavy atom. The fourth-order valence-corrected chi connectivity index (χ4v) is 3.73. The third kappa shape index (κ3) is 5.21. The van der Waals surface area contributed by atoms with Crippen LogP contribution in [-0.2, 0) is 11.3 Å². The van der Waals surface area contributed by atoms with E-state index in [0.29, 0.717) is 36.1 Å². The normalized spacial score (nSPS) is 18.8. The number of hydrogen-bond acceptors (Lipinski definition) is 3. The van der Waals surface area contributed by atoms with Crippen molar-refractivity contribution in [1.82, 2.24) is 10.2 Å². The molecule has 2 N–H and O–H groups in total. The van der Waals surface area contributed by atoms with E-state index in [2.05, 4.69) is 10.6 Å². The van der Waals surface area contributed by atoms with E-state index in [0.717, 1.165) is 18.4 Å². The second-order valence-electron chi connectivity index (χ2n) is 7.53. The SMILES string of the molecule is COc1ccc(Cl)cc1NC(=O)N1CCCC(C)(C(=O)NCc2ccccc2)C1. The van der Waals surface area contributed by atoms with Crippen LogP contribution in [0.25, 0.3) is 0 Å². The van der Waals surface area contributed by atoms with Crippen LogP contribution in [0.15, 0.2) is 48.5 Å². The monoisotopic (exact) mass is 415 g/mol. The van der Waals surface area contributed by atoms with Gasteiger partial charge in [0.2, 0.25) is 5.91 Å². The van der Waals surface area contributed by atoms with Gasteiger partial charge in [-0.15, -0.1) is 0 Å². The van der Waals surface area contributed by atoms with Crippen LogP contribution < -0.4 is 15.4 Å². The van der Waals surface area contributed by atoms with Crippen LogP contribution in [-0.4, -0.2) is 37.0 Å². The van der Waals surface area contributed by atoms with Gasteiger partial charge in [-0.2, -0.15) is 0 Å². The molecule has 2 aromatic rings. The zero-order valence-electron chi connectivity index (χ0n) is 16.7. The second-order valence-corrected chi connectivity index (χ2v) is 7.97. The number of ether oxygens (including phenoxy) is 1. The summed E-state index contributed by atoms with van der Waals surface area (Å²) in [6, 6.07) is 14.6. The Labute approximate surface area is 176 Å². The van der Waals surface area contributed by atoms with Crippen molar-refractivity contribution in [3.63, 3.8) is 0 Å². The number of amides is 3. The van der Waals surface area contributed by atoms with Crippen LogP contribution in [0.2, 0.25) is 5.02 Å². The van der Waals surface area contributed by atoms with E-state index < -0.39 is 5.41 Å². The summed E-state index contributed by atoms with van der Waals surface area (Å²) >= 11 is 6.04. The molecule has 154 valence electrons. The molecule has 1 saturated heterocycles. The van der Waals surface area contributed by atoms with E-state index in [-0.39, 0.29) is 11.9 Å². The van der Waals surface area contributed by atoms with Gasteiger partial charge in [0.1, 0.15) is 5.75 Å². The minimum atomic E-state index is -0.636. The van der Waals surface area contributed by atoms with Gasteiger partial charge in [-0.05, 0) is 43.5 Å². The number of benzene rings is 2. The third-order valence-corrected chi connectivity index (χ3v) is 5.47. The lowest BCUT2D eigenvalue weighted by Crippen LogP contribution is -2.52. The first-order valence-corrected chi connectivity index (χ1v) is 10.0. The van der Waals surface area contributed by atoms with Crippen molar-refractivity contribution in [2.75, 3.05) is 25.5 Å². The lowest BCUT2D eigenvalue weighted by Gasteiger charge is -2.39. The smallest absolute Gasteiger partial charge is 0.321 e. The Bertz CT molecular complexity index is 875. The molecular weight excluding hydrogens is 390 g/mol. The fourth-order valence-electron chi connectivity index (χ4n) is 3.56. The van der Waals surface area contributed by atoms with Crippen molar-refractivity contribution in [3.8, 4) is 5.75 Å². The number of nitrogens with zero attached hydrogens (tertiary/aromatic N) is 1. The maximum atomic E-state index is 12.9. The summed E-state index contributed by atoms with van der Waals surface area (Å²) in [7, 11) is 1.54. The Balaban J connectivity index is 1.63. The molecular formula is C22H26ClN3O3. The zero-order chi connectivity index (χ0) is 20.9. The minimum Gasteiger partial charge on any atom is -0.495 e. The van der Waals surface area contributed by atoms with E-state index >= 15 is 0 Å². The Kier molecular flexibility index (Phi) is 6.64. The zero-order valence-corrected chi connectivity index (χ0v) is 17.5. The van der Waals surface area contributed by atoms with Crippen LogP contribution in [0.3, 0.4) is 0 Å². The standard InChI is InChI=1S/C22H26ClN3O3/c1-22(20(27)24-14-16-7-4-3-5-8-16)11-6-12-26(15-22)21(28)25-18-13-17(23)9-10-19(18)29-2/h3-5,7-10,13H,6,11-12,14-15H2,1-2H3,(H,24,27)(H,25,28). The summed E-state index contributed by atoms with van der Waals surface area (Å²) in [6.07, 6.45) is 1.49. The number of methoxy groups -OCH3 is 1. The van der Waals surface area contributed by atoms with Crippen molar-refractivity contribution < 1.29 is 14.3 Å². The van der Waals surface area contributed by atoms with Gasteiger partial charge in [0.25, 0.3) is 0 Å².